The van der Waals surface area contributed by atoms with Gasteiger partial charge < -0.3 is 10.6 Å². The Bertz CT molecular complexity index is 125. The van der Waals surface area contributed by atoms with Gasteiger partial charge in [0, 0.05) is 24.5 Å². The maximum absolute atomic E-state index is 3.30. The van der Waals surface area contributed by atoms with Crippen LogP contribution in [0.15, 0.2) is 11.9 Å². The standard InChI is InChI=1S/C9H20N2/c1-6-8(10-5)7-11-9(2,3)4/h7,10-11H,6H2,1-5H3/b8-7-. The largest absolute Gasteiger partial charge is 0.390 e. The van der Waals surface area contributed by atoms with Crippen LogP contribution in [-0.2, 0) is 0 Å². The molecule has 0 atom stereocenters. The summed E-state index contributed by atoms with van der Waals surface area (Å²) >= 11 is 0. The van der Waals surface area contributed by atoms with Gasteiger partial charge in [0.05, 0.1) is 0 Å². The summed E-state index contributed by atoms with van der Waals surface area (Å²) in [5, 5.41) is 6.42. The Morgan fingerprint density at radius 1 is 1.36 bits per heavy atom. The van der Waals surface area contributed by atoms with Crippen molar-refractivity contribution >= 4 is 0 Å². The van der Waals surface area contributed by atoms with Crippen molar-refractivity contribution in [2.45, 2.75) is 39.7 Å². The van der Waals surface area contributed by atoms with Crippen LogP contribution < -0.4 is 10.6 Å². The predicted octanol–water partition coefficient (Wildman–Crippen LogP) is 1.85. The fourth-order valence-electron chi connectivity index (χ4n) is 0.655. The smallest absolute Gasteiger partial charge is 0.0284 e. The highest BCUT2D eigenvalue weighted by Gasteiger charge is 2.05. The molecule has 2 heteroatoms. The Balaban J connectivity index is 3.89. The van der Waals surface area contributed by atoms with Crippen molar-refractivity contribution in [1.82, 2.24) is 10.6 Å². The lowest BCUT2D eigenvalue weighted by Crippen LogP contribution is -2.32. The third-order valence-corrected chi connectivity index (χ3v) is 1.38. The molecule has 0 fully saturated rings. The molecule has 66 valence electrons. The lowest BCUT2D eigenvalue weighted by molar-refractivity contribution is 0.487. The lowest BCUT2D eigenvalue weighted by atomic mass is 10.1. The zero-order valence-electron chi connectivity index (χ0n) is 8.28. The molecular formula is C9H20N2. The topological polar surface area (TPSA) is 24.1 Å². The minimum Gasteiger partial charge on any atom is -0.390 e. The SMILES string of the molecule is CC/C(=C/NC(C)(C)C)NC. The molecule has 2 N–H and O–H groups in total. The van der Waals surface area contributed by atoms with Gasteiger partial charge in [-0.25, -0.2) is 0 Å². The molecule has 0 unspecified atom stereocenters. The van der Waals surface area contributed by atoms with Crippen LogP contribution in [0.4, 0.5) is 0 Å². The average molecular weight is 156 g/mol. The number of nitrogens with one attached hydrogen (secondary N) is 2. The van der Waals surface area contributed by atoms with Crippen LogP contribution in [-0.4, -0.2) is 12.6 Å². The van der Waals surface area contributed by atoms with Gasteiger partial charge in [-0.2, -0.15) is 0 Å². The zero-order chi connectivity index (χ0) is 8.91. The molecule has 2 nitrogen and oxygen atoms in total. The summed E-state index contributed by atoms with van der Waals surface area (Å²) < 4.78 is 0. The molecule has 0 saturated carbocycles. The number of rotatable bonds is 3. The normalized spacial score (nSPS) is 13.0. The maximum Gasteiger partial charge on any atom is 0.0284 e. The highest BCUT2D eigenvalue weighted by Crippen LogP contribution is 2.00. The first-order valence-electron chi connectivity index (χ1n) is 4.14. The molecule has 0 aliphatic carbocycles. The Morgan fingerprint density at radius 2 is 1.91 bits per heavy atom. The van der Waals surface area contributed by atoms with E-state index in [1.165, 1.54) is 5.70 Å². The van der Waals surface area contributed by atoms with E-state index in [0.717, 1.165) is 6.42 Å². The molecular weight excluding hydrogens is 136 g/mol. The van der Waals surface area contributed by atoms with Crippen LogP contribution in [0.1, 0.15) is 34.1 Å². The summed E-state index contributed by atoms with van der Waals surface area (Å²) in [4.78, 5) is 0. The minimum absolute atomic E-state index is 0.164. The van der Waals surface area contributed by atoms with E-state index in [1.807, 2.05) is 13.2 Å². The van der Waals surface area contributed by atoms with Crippen molar-refractivity contribution < 1.29 is 0 Å². The van der Waals surface area contributed by atoms with E-state index >= 15 is 0 Å². The average Bonchev–Trinajstić information content (AvgIpc) is 1.88. The summed E-state index contributed by atoms with van der Waals surface area (Å²) in [6.07, 6.45) is 3.08. The van der Waals surface area contributed by atoms with Gasteiger partial charge in [0.15, 0.2) is 0 Å². The van der Waals surface area contributed by atoms with E-state index in [9.17, 15) is 0 Å². The Kier molecular flexibility index (Phi) is 4.01. The molecule has 0 saturated heterocycles. The van der Waals surface area contributed by atoms with E-state index in [2.05, 4.69) is 38.3 Å². The molecule has 0 amide bonds. The Labute approximate surface area is 70.1 Å². The minimum atomic E-state index is 0.164. The van der Waals surface area contributed by atoms with Gasteiger partial charge in [-0.05, 0) is 27.2 Å². The van der Waals surface area contributed by atoms with E-state index < -0.39 is 0 Å². The van der Waals surface area contributed by atoms with Gasteiger partial charge in [0.2, 0.25) is 0 Å². The van der Waals surface area contributed by atoms with Crippen LogP contribution in [0.25, 0.3) is 0 Å². The van der Waals surface area contributed by atoms with Gasteiger partial charge in [0.1, 0.15) is 0 Å². The van der Waals surface area contributed by atoms with Crippen molar-refractivity contribution in [3.05, 3.63) is 11.9 Å². The summed E-state index contributed by atoms with van der Waals surface area (Å²) in [5.74, 6) is 0. The molecule has 0 spiro atoms. The fourth-order valence-corrected chi connectivity index (χ4v) is 0.655. The second kappa shape index (κ2) is 4.27. The maximum atomic E-state index is 3.30. The molecule has 0 heterocycles. The van der Waals surface area contributed by atoms with Crippen LogP contribution in [0.5, 0.6) is 0 Å². The molecule has 0 rings (SSSR count). The monoisotopic (exact) mass is 156 g/mol. The van der Waals surface area contributed by atoms with Gasteiger partial charge in [-0.3, -0.25) is 0 Å². The highest BCUT2D eigenvalue weighted by molar-refractivity contribution is 4.98. The Morgan fingerprint density at radius 3 is 2.18 bits per heavy atom. The van der Waals surface area contributed by atoms with Gasteiger partial charge >= 0.3 is 0 Å². The van der Waals surface area contributed by atoms with E-state index in [1.54, 1.807) is 0 Å². The van der Waals surface area contributed by atoms with E-state index in [0.29, 0.717) is 0 Å². The molecule has 0 bridgehead atoms. The molecule has 0 aliphatic rings. The summed E-state index contributed by atoms with van der Waals surface area (Å²) in [7, 11) is 1.94. The predicted molar refractivity (Wildman–Crippen MR) is 50.3 cm³/mol. The second-order valence-electron chi connectivity index (χ2n) is 3.67. The van der Waals surface area contributed by atoms with Gasteiger partial charge in [0.25, 0.3) is 0 Å². The molecule has 0 aromatic heterocycles. The van der Waals surface area contributed by atoms with E-state index in [4.69, 9.17) is 0 Å². The van der Waals surface area contributed by atoms with Crippen molar-refractivity contribution in [2.24, 2.45) is 0 Å². The quantitative estimate of drug-likeness (QED) is 0.651. The first kappa shape index (κ1) is 10.3. The van der Waals surface area contributed by atoms with Gasteiger partial charge in [-0.15, -0.1) is 0 Å². The highest BCUT2D eigenvalue weighted by atomic mass is 15.0. The third kappa shape index (κ3) is 5.77. The second-order valence-corrected chi connectivity index (χ2v) is 3.67. The first-order chi connectivity index (χ1) is 4.99. The molecule has 11 heavy (non-hydrogen) atoms. The van der Waals surface area contributed by atoms with Crippen molar-refractivity contribution in [1.29, 1.82) is 0 Å². The summed E-state index contributed by atoms with van der Waals surface area (Å²) in [6, 6.07) is 0. The third-order valence-electron chi connectivity index (χ3n) is 1.38. The molecule has 0 aliphatic heterocycles. The molecule has 0 radical (unpaired) electrons. The summed E-state index contributed by atoms with van der Waals surface area (Å²) in [6.45, 7) is 8.57. The van der Waals surface area contributed by atoms with Crippen molar-refractivity contribution in [3.8, 4) is 0 Å². The first-order valence-corrected chi connectivity index (χ1v) is 4.14. The lowest BCUT2D eigenvalue weighted by Gasteiger charge is -2.19. The van der Waals surface area contributed by atoms with Crippen LogP contribution in [0.3, 0.4) is 0 Å². The van der Waals surface area contributed by atoms with Crippen LogP contribution in [0, 0.1) is 0 Å². The summed E-state index contributed by atoms with van der Waals surface area (Å²) in [5.41, 5.74) is 1.40. The van der Waals surface area contributed by atoms with Gasteiger partial charge in [-0.1, -0.05) is 6.92 Å². The number of allylic oxidation sites excluding steroid dienone is 1. The van der Waals surface area contributed by atoms with Crippen LogP contribution >= 0.6 is 0 Å². The van der Waals surface area contributed by atoms with E-state index in [-0.39, 0.29) is 5.54 Å². The Hall–Kier alpha value is -0.660. The number of hydrogen-bond donors (Lipinski definition) is 2. The number of hydrogen-bond acceptors (Lipinski definition) is 2. The van der Waals surface area contributed by atoms with Crippen molar-refractivity contribution in [2.75, 3.05) is 7.05 Å². The molecule has 0 aromatic carbocycles. The fraction of sp³-hybridized carbons (Fsp3) is 0.778. The van der Waals surface area contributed by atoms with Crippen molar-refractivity contribution in [3.63, 3.8) is 0 Å². The molecule has 0 aromatic rings. The zero-order valence-corrected chi connectivity index (χ0v) is 8.28. The van der Waals surface area contributed by atoms with Crippen LogP contribution in [0.2, 0.25) is 0 Å².